The van der Waals surface area contributed by atoms with Crippen molar-refractivity contribution in [2.75, 3.05) is 0 Å². The lowest BCUT2D eigenvalue weighted by Gasteiger charge is -2.25. The van der Waals surface area contributed by atoms with Crippen LogP contribution >= 0.6 is 11.3 Å². The maximum atomic E-state index is 15.2. The van der Waals surface area contributed by atoms with Crippen LogP contribution in [0, 0.1) is 12.7 Å². The Morgan fingerprint density at radius 3 is 2.37 bits per heavy atom. The minimum Gasteiger partial charge on any atom is -0.293 e. The van der Waals surface area contributed by atoms with Gasteiger partial charge in [-0.3, -0.25) is 4.79 Å². The lowest BCUT2D eigenvalue weighted by atomic mass is 9.80. The van der Waals surface area contributed by atoms with E-state index in [2.05, 4.69) is 46.8 Å². The van der Waals surface area contributed by atoms with Crippen molar-refractivity contribution in [3.63, 3.8) is 0 Å². The zero-order valence-electron chi connectivity index (χ0n) is 18.9. The molecule has 0 fully saturated rings. The smallest absolute Gasteiger partial charge is 0.173 e. The predicted octanol–water partition coefficient (Wildman–Crippen LogP) is 8.37. The molecule has 1 heterocycles. The Kier molecular flexibility index (Phi) is 6.62. The van der Waals surface area contributed by atoms with E-state index in [-0.39, 0.29) is 17.0 Å². The monoisotopic (exact) mass is 422 g/mol. The van der Waals surface area contributed by atoms with Gasteiger partial charge in [0.1, 0.15) is 5.82 Å². The standard InChI is InChI=1S/C27H31FOS/c1-7-18-11-10-17(4)24(20-14-15-30-26(20)23(29)8-2)25(18)19-12-13-21(22(28)16-19)27(5,6)9-3/h10-16H,7-9H2,1-6H3. The number of ketones is 1. The molecule has 0 aliphatic heterocycles. The van der Waals surface area contributed by atoms with E-state index in [1.165, 1.54) is 16.9 Å². The maximum Gasteiger partial charge on any atom is 0.173 e. The number of carbonyl (C=O) groups is 1. The summed E-state index contributed by atoms with van der Waals surface area (Å²) in [7, 11) is 0. The molecule has 0 unspecified atom stereocenters. The molecule has 0 saturated carbocycles. The van der Waals surface area contributed by atoms with Crippen molar-refractivity contribution >= 4 is 17.1 Å². The third-order valence-corrected chi connectivity index (χ3v) is 7.22. The fraction of sp³-hybridized carbons (Fsp3) is 0.370. The zero-order valence-corrected chi connectivity index (χ0v) is 19.7. The average Bonchev–Trinajstić information content (AvgIpc) is 3.22. The molecule has 0 aliphatic rings. The first kappa shape index (κ1) is 22.4. The Balaban J connectivity index is 2.29. The van der Waals surface area contributed by atoms with Crippen LogP contribution in [0.1, 0.15) is 73.8 Å². The second-order valence-electron chi connectivity index (χ2n) is 8.52. The van der Waals surface area contributed by atoms with Gasteiger partial charge in [0.2, 0.25) is 0 Å². The highest BCUT2D eigenvalue weighted by Gasteiger charge is 2.24. The summed E-state index contributed by atoms with van der Waals surface area (Å²) in [6.45, 7) is 12.3. The molecular formula is C27H31FOS. The number of rotatable bonds is 7. The van der Waals surface area contributed by atoms with E-state index >= 15 is 4.39 Å². The predicted molar refractivity (Wildman–Crippen MR) is 127 cm³/mol. The summed E-state index contributed by atoms with van der Waals surface area (Å²) in [5.74, 6) is -0.0116. The highest BCUT2D eigenvalue weighted by Crippen LogP contribution is 2.42. The van der Waals surface area contributed by atoms with Gasteiger partial charge in [-0.05, 0) is 76.1 Å². The maximum absolute atomic E-state index is 15.2. The zero-order chi connectivity index (χ0) is 22.1. The minimum absolute atomic E-state index is 0.151. The Labute approximate surface area is 184 Å². The van der Waals surface area contributed by atoms with E-state index in [0.29, 0.717) is 6.42 Å². The second-order valence-corrected chi connectivity index (χ2v) is 9.43. The summed E-state index contributed by atoms with van der Waals surface area (Å²) in [5, 5.41) is 1.98. The van der Waals surface area contributed by atoms with Crippen LogP contribution in [-0.4, -0.2) is 5.78 Å². The summed E-state index contributed by atoms with van der Waals surface area (Å²) in [6, 6.07) is 11.9. The summed E-state index contributed by atoms with van der Waals surface area (Å²) < 4.78 is 15.2. The SMILES string of the molecule is CCC(=O)c1sccc1-c1c(C)ccc(CC)c1-c1ccc(C(C)(C)CC)c(F)c1. The van der Waals surface area contributed by atoms with Gasteiger partial charge in [-0.25, -0.2) is 4.39 Å². The molecule has 158 valence electrons. The topological polar surface area (TPSA) is 17.1 Å². The highest BCUT2D eigenvalue weighted by atomic mass is 32.1. The average molecular weight is 423 g/mol. The number of Topliss-reactive ketones (excluding diaryl/α,β-unsaturated/α-hetero) is 1. The number of carbonyl (C=O) groups excluding carboxylic acids is 1. The van der Waals surface area contributed by atoms with Crippen molar-refractivity contribution in [1.82, 2.24) is 0 Å². The van der Waals surface area contributed by atoms with Crippen molar-refractivity contribution in [2.45, 2.75) is 66.2 Å². The summed E-state index contributed by atoms with van der Waals surface area (Å²) in [4.78, 5) is 13.4. The quantitative estimate of drug-likeness (QED) is 0.349. The van der Waals surface area contributed by atoms with Gasteiger partial charge in [0, 0.05) is 12.0 Å². The molecule has 0 N–H and O–H groups in total. The first-order valence-corrected chi connectivity index (χ1v) is 11.7. The molecule has 3 heteroatoms. The first-order chi connectivity index (χ1) is 14.2. The molecule has 0 atom stereocenters. The van der Waals surface area contributed by atoms with Gasteiger partial charge >= 0.3 is 0 Å². The molecule has 0 radical (unpaired) electrons. The van der Waals surface area contributed by atoms with Crippen molar-refractivity contribution in [3.05, 3.63) is 69.2 Å². The number of hydrogen-bond donors (Lipinski definition) is 0. The molecule has 1 nitrogen and oxygen atoms in total. The van der Waals surface area contributed by atoms with Crippen LogP contribution in [0.25, 0.3) is 22.3 Å². The first-order valence-electron chi connectivity index (χ1n) is 10.8. The van der Waals surface area contributed by atoms with Crippen LogP contribution in [0.2, 0.25) is 0 Å². The van der Waals surface area contributed by atoms with Crippen LogP contribution < -0.4 is 0 Å². The van der Waals surface area contributed by atoms with Gasteiger partial charge in [-0.1, -0.05) is 58.9 Å². The Hall–Kier alpha value is -2.26. The van der Waals surface area contributed by atoms with E-state index in [1.54, 1.807) is 6.07 Å². The molecule has 0 bridgehead atoms. The van der Waals surface area contributed by atoms with Gasteiger partial charge in [0.25, 0.3) is 0 Å². The normalized spacial score (nSPS) is 11.7. The molecule has 30 heavy (non-hydrogen) atoms. The molecule has 0 amide bonds. The molecular weight excluding hydrogens is 391 g/mol. The summed E-state index contributed by atoms with van der Waals surface area (Å²) in [6.07, 6.45) is 2.19. The van der Waals surface area contributed by atoms with Crippen LogP contribution in [-0.2, 0) is 11.8 Å². The van der Waals surface area contributed by atoms with Crippen molar-refractivity contribution in [3.8, 4) is 22.3 Å². The van der Waals surface area contributed by atoms with Gasteiger partial charge < -0.3 is 0 Å². The van der Waals surface area contributed by atoms with Crippen molar-refractivity contribution < 1.29 is 9.18 Å². The van der Waals surface area contributed by atoms with Gasteiger partial charge in [-0.2, -0.15) is 0 Å². The largest absolute Gasteiger partial charge is 0.293 e. The van der Waals surface area contributed by atoms with Gasteiger partial charge in [-0.15, -0.1) is 11.3 Å². The highest BCUT2D eigenvalue weighted by molar-refractivity contribution is 7.12. The number of aryl methyl sites for hydroxylation is 2. The van der Waals surface area contributed by atoms with Gasteiger partial charge in [0.05, 0.1) is 4.88 Å². The molecule has 0 aliphatic carbocycles. The third-order valence-electron chi connectivity index (χ3n) is 6.26. The summed E-state index contributed by atoms with van der Waals surface area (Å²) in [5.41, 5.74) is 6.74. The molecule has 1 aromatic heterocycles. The summed E-state index contributed by atoms with van der Waals surface area (Å²) >= 11 is 1.49. The van der Waals surface area contributed by atoms with E-state index in [0.717, 1.165) is 51.1 Å². The lowest BCUT2D eigenvalue weighted by molar-refractivity contribution is 0.0992. The fourth-order valence-electron chi connectivity index (χ4n) is 4.01. The minimum atomic E-state index is -0.209. The third kappa shape index (κ3) is 4.00. The van der Waals surface area contributed by atoms with E-state index in [4.69, 9.17) is 0 Å². The molecule has 0 spiro atoms. The Morgan fingerprint density at radius 1 is 1.03 bits per heavy atom. The number of thiophene rings is 1. The van der Waals surface area contributed by atoms with Crippen molar-refractivity contribution in [2.24, 2.45) is 0 Å². The van der Waals surface area contributed by atoms with Crippen LogP contribution in [0.5, 0.6) is 0 Å². The Morgan fingerprint density at radius 2 is 1.77 bits per heavy atom. The second kappa shape index (κ2) is 8.85. The molecule has 3 aromatic rings. The molecule has 0 saturated heterocycles. The van der Waals surface area contributed by atoms with E-state index < -0.39 is 0 Å². The van der Waals surface area contributed by atoms with Crippen LogP contribution in [0.4, 0.5) is 4.39 Å². The van der Waals surface area contributed by atoms with E-state index in [1.807, 2.05) is 30.5 Å². The van der Waals surface area contributed by atoms with E-state index in [9.17, 15) is 4.79 Å². The van der Waals surface area contributed by atoms with Crippen LogP contribution in [0.15, 0.2) is 41.8 Å². The number of hydrogen-bond acceptors (Lipinski definition) is 2. The fourth-order valence-corrected chi connectivity index (χ4v) is 4.93. The molecule has 2 aromatic carbocycles. The lowest BCUT2D eigenvalue weighted by Crippen LogP contribution is -2.17. The number of halogens is 1. The molecule has 3 rings (SSSR count). The Bertz CT molecular complexity index is 1070. The van der Waals surface area contributed by atoms with Gasteiger partial charge in [0.15, 0.2) is 5.78 Å². The van der Waals surface area contributed by atoms with Crippen LogP contribution in [0.3, 0.4) is 0 Å². The van der Waals surface area contributed by atoms with Crippen molar-refractivity contribution in [1.29, 1.82) is 0 Å². The number of benzene rings is 2.